The summed E-state index contributed by atoms with van der Waals surface area (Å²) in [5.41, 5.74) is 1.91. The highest BCUT2D eigenvalue weighted by molar-refractivity contribution is 5.95. The third kappa shape index (κ3) is 2.72. The molecular weight excluding hydrogens is 308 g/mol. The molecule has 0 saturated carbocycles. The van der Waals surface area contributed by atoms with Gasteiger partial charge in [-0.25, -0.2) is 9.78 Å². The molecule has 0 fully saturated rings. The van der Waals surface area contributed by atoms with E-state index in [1.54, 1.807) is 24.4 Å². The van der Waals surface area contributed by atoms with E-state index in [9.17, 15) is 9.90 Å². The molecule has 1 aliphatic rings. The predicted molar refractivity (Wildman–Crippen MR) is 90.6 cm³/mol. The number of fused-ring (bicyclic) bond motifs is 1. The first-order valence-electron chi connectivity index (χ1n) is 7.52. The molecule has 6 nitrogen and oxygen atoms in total. The number of carbonyl (C=O) groups is 1. The topological polar surface area (TPSA) is 71.9 Å². The summed E-state index contributed by atoms with van der Waals surface area (Å²) in [7, 11) is 1.33. The molecule has 1 atom stereocenters. The van der Waals surface area contributed by atoms with Gasteiger partial charge in [-0.05, 0) is 29.8 Å². The molecule has 124 valence electrons. The first-order valence-corrected chi connectivity index (χ1v) is 7.52. The Balaban J connectivity index is 2.11. The molecule has 1 aromatic carbocycles. The standard InChI is InChI=1S/C18H18N2O4/c1-3-12-7-8-16(19-9-12)20-13(10-21)11-24-17-14(18(22)23-2)5-4-6-15(17)20/h3-9,13,21H,1,10-11H2,2H3. The molecule has 1 aromatic heterocycles. The molecule has 0 amide bonds. The molecule has 0 aliphatic carbocycles. The summed E-state index contributed by atoms with van der Waals surface area (Å²) in [4.78, 5) is 18.3. The van der Waals surface area contributed by atoms with Crippen molar-refractivity contribution in [2.24, 2.45) is 0 Å². The van der Waals surface area contributed by atoms with Crippen LogP contribution in [0.15, 0.2) is 43.1 Å². The van der Waals surface area contributed by atoms with Crippen molar-refractivity contribution in [1.29, 1.82) is 0 Å². The Hall–Kier alpha value is -2.86. The molecule has 6 heteroatoms. The molecule has 0 bridgehead atoms. The SMILES string of the molecule is C=Cc1ccc(N2c3cccc(C(=O)OC)c3OCC2CO)nc1. The van der Waals surface area contributed by atoms with Gasteiger partial charge in [0.05, 0.1) is 25.4 Å². The smallest absolute Gasteiger partial charge is 0.341 e. The zero-order valence-corrected chi connectivity index (χ0v) is 13.3. The summed E-state index contributed by atoms with van der Waals surface area (Å²) < 4.78 is 10.5. The van der Waals surface area contributed by atoms with Crippen LogP contribution in [0.2, 0.25) is 0 Å². The van der Waals surface area contributed by atoms with Crippen molar-refractivity contribution in [2.45, 2.75) is 6.04 Å². The minimum absolute atomic E-state index is 0.104. The number of hydrogen-bond acceptors (Lipinski definition) is 6. The van der Waals surface area contributed by atoms with Gasteiger partial charge in [0, 0.05) is 6.20 Å². The maximum Gasteiger partial charge on any atom is 0.341 e. The number of aromatic nitrogens is 1. The van der Waals surface area contributed by atoms with Gasteiger partial charge in [-0.3, -0.25) is 0 Å². The van der Waals surface area contributed by atoms with E-state index in [-0.39, 0.29) is 19.3 Å². The highest BCUT2D eigenvalue weighted by atomic mass is 16.5. The van der Waals surface area contributed by atoms with Crippen molar-refractivity contribution in [3.8, 4) is 5.75 Å². The van der Waals surface area contributed by atoms with Crippen LogP contribution in [0, 0.1) is 0 Å². The largest absolute Gasteiger partial charge is 0.488 e. The summed E-state index contributed by atoms with van der Waals surface area (Å²) in [6.07, 6.45) is 3.42. The van der Waals surface area contributed by atoms with Gasteiger partial charge < -0.3 is 19.5 Å². The second-order valence-corrected chi connectivity index (χ2v) is 5.32. The molecule has 2 heterocycles. The third-order valence-corrected chi connectivity index (χ3v) is 3.91. The number of aliphatic hydroxyl groups is 1. The van der Waals surface area contributed by atoms with E-state index in [2.05, 4.69) is 11.6 Å². The number of nitrogens with zero attached hydrogens (tertiary/aromatic N) is 2. The van der Waals surface area contributed by atoms with E-state index < -0.39 is 5.97 Å². The highest BCUT2D eigenvalue weighted by Gasteiger charge is 2.32. The average Bonchev–Trinajstić information content (AvgIpc) is 2.66. The Kier molecular flexibility index (Phi) is 4.48. The predicted octanol–water partition coefficient (Wildman–Crippen LogP) is 2.40. The number of pyridine rings is 1. The average molecular weight is 326 g/mol. The van der Waals surface area contributed by atoms with Crippen LogP contribution in [0.3, 0.4) is 0 Å². The number of ether oxygens (including phenoxy) is 2. The van der Waals surface area contributed by atoms with Crippen molar-refractivity contribution in [3.05, 3.63) is 54.2 Å². The molecule has 1 N–H and O–H groups in total. The molecule has 1 aliphatic heterocycles. The maximum atomic E-state index is 12.0. The molecule has 0 saturated heterocycles. The maximum absolute atomic E-state index is 12.0. The summed E-state index contributed by atoms with van der Waals surface area (Å²) in [6, 6.07) is 8.66. The number of esters is 1. The lowest BCUT2D eigenvalue weighted by Gasteiger charge is -2.37. The van der Waals surface area contributed by atoms with Crippen LogP contribution in [0.4, 0.5) is 11.5 Å². The second kappa shape index (κ2) is 6.72. The molecule has 0 spiro atoms. The molecule has 2 aromatic rings. The first kappa shape index (κ1) is 16.0. The molecule has 1 unspecified atom stereocenters. The first-order chi connectivity index (χ1) is 11.7. The highest BCUT2D eigenvalue weighted by Crippen LogP contribution is 2.40. The third-order valence-electron chi connectivity index (χ3n) is 3.91. The Bertz CT molecular complexity index is 758. The lowest BCUT2D eigenvalue weighted by atomic mass is 10.1. The zero-order valence-electron chi connectivity index (χ0n) is 13.3. The van der Waals surface area contributed by atoms with Gasteiger partial charge in [-0.1, -0.05) is 18.7 Å². The van der Waals surface area contributed by atoms with E-state index in [0.29, 0.717) is 22.8 Å². The van der Waals surface area contributed by atoms with Crippen molar-refractivity contribution >= 4 is 23.6 Å². The van der Waals surface area contributed by atoms with Crippen LogP contribution in [0.1, 0.15) is 15.9 Å². The minimum Gasteiger partial charge on any atom is -0.488 e. The molecule has 24 heavy (non-hydrogen) atoms. The number of methoxy groups -OCH3 is 1. The number of carbonyl (C=O) groups excluding carboxylic acids is 1. The van der Waals surface area contributed by atoms with Crippen LogP contribution >= 0.6 is 0 Å². The lowest BCUT2D eigenvalue weighted by molar-refractivity contribution is 0.0594. The van der Waals surface area contributed by atoms with E-state index in [4.69, 9.17) is 9.47 Å². The number of anilines is 2. The van der Waals surface area contributed by atoms with E-state index in [1.165, 1.54) is 7.11 Å². The summed E-state index contributed by atoms with van der Waals surface area (Å²) in [5.74, 6) is 0.624. The second-order valence-electron chi connectivity index (χ2n) is 5.32. The van der Waals surface area contributed by atoms with Crippen molar-refractivity contribution in [1.82, 2.24) is 4.98 Å². The molecule has 0 radical (unpaired) electrons. The van der Waals surface area contributed by atoms with E-state index >= 15 is 0 Å². The number of rotatable bonds is 4. The molecule has 3 rings (SSSR count). The Morgan fingerprint density at radius 1 is 1.50 bits per heavy atom. The van der Waals surface area contributed by atoms with Gasteiger partial charge >= 0.3 is 5.97 Å². The van der Waals surface area contributed by atoms with Crippen LogP contribution in [0.5, 0.6) is 5.75 Å². The normalized spacial score (nSPS) is 16.1. The number of hydrogen-bond donors (Lipinski definition) is 1. The quantitative estimate of drug-likeness (QED) is 0.870. The van der Waals surface area contributed by atoms with Crippen molar-refractivity contribution < 1.29 is 19.4 Å². The fraction of sp³-hybridized carbons (Fsp3) is 0.222. The van der Waals surface area contributed by atoms with Gasteiger partial charge in [-0.15, -0.1) is 0 Å². The van der Waals surface area contributed by atoms with Crippen LogP contribution < -0.4 is 9.64 Å². The fourth-order valence-corrected chi connectivity index (χ4v) is 2.69. The number of benzene rings is 1. The van der Waals surface area contributed by atoms with Crippen LogP contribution in [-0.2, 0) is 4.74 Å². The van der Waals surface area contributed by atoms with Gasteiger partial charge in [0.15, 0.2) is 5.75 Å². The van der Waals surface area contributed by atoms with E-state index in [1.807, 2.05) is 23.1 Å². The van der Waals surface area contributed by atoms with Gasteiger partial charge in [0.2, 0.25) is 0 Å². The monoisotopic (exact) mass is 326 g/mol. The number of para-hydroxylation sites is 1. The van der Waals surface area contributed by atoms with Crippen LogP contribution in [0.25, 0.3) is 6.08 Å². The minimum atomic E-state index is -0.468. The Labute approximate surface area is 140 Å². The summed E-state index contributed by atoms with van der Waals surface area (Å²) in [6.45, 7) is 3.85. The zero-order chi connectivity index (χ0) is 17.1. The van der Waals surface area contributed by atoms with Crippen molar-refractivity contribution in [3.63, 3.8) is 0 Å². The Morgan fingerprint density at radius 3 is 2.96 bits per heavy atom. The van der Waals surface area contributed by atoms with E-state index in [0.717, 1.165) is 5.56 Å². The van der Waals surface area contributed by atoms with Crippen LogP contribution in [-0.4, -0.2) is 42.4 Å². The van der Waals surface area contributed by atoms with Gasteiger partial charge in [-0.2, -0.15) is 0 Å². The Morgan fingerprint density at radius 2 is 2.33 bits per heavy atom. The van der Waals surface area contributed by atoms with Gasteiger partial charge in [0.25, 0.3) is 0 Å². The number of aliphatic hydroxyl groups excluding tert-OH is 1. The molecular formula is C18H18N2O4. The lowest BCUT2D eigenvalue weighted by Crippen LogP contribution is -2.43. The van der Waals surface area contributed by atoms with Crippen molar-refractivity contribution in [2.75, 3.05) is 25.2 Å². The summed E-state index contributed by atoms with van der Waals surface area (Å²) >= 11 is 0. The fourth-order valence-electron chi connectivity index (χ4n) is 2.69. The summed E-state index contributed by atoms with van der Waals surface area (Å²) in [5, 5.41) is 9.72. The van der Waals surface area contributed by atoms with Gasteiger partial charge in [0.1, 0.15) is 18.0 Å².